The largest absolute Gasteiger partial charge is 0.317 e. The fourth-order valence-corrected chi connectivity index (χ4v) is 4.11. The lowest BCUT2D eigenvalue weighted by Crippen LogP contribution is -2.34. The number of nitrogens with zero attached hydrogens (tertiary/aromatic N) is 1. The zero-order chi connectivity index (χ0) is 14.2. The fraction of sp³-hybridized carbons (Fsp3) is 0.375. The number of carbonyl (C=O) groups excluding carboxylic acids is 1. The van der Waals surface area contributed by atoms with Crippen LogP contribution in [-0.4, -0.2) is 24.0 Å². The topological polar surface area (TPSA) is 54.0 Å². The molecule has 1 amide bonds. The van der Waals surface area contributed by atoms with Crippen molar-refractivity contribution in [3.05, 3.63) is 34.7 Å². The number of aromatic nitrogens is 1. The van der Waals surface area contributed by atoms with Gasteiger partial charge < -0.3 is 10.6 Å². The van der Waals surface area contributed by atoms with Gasteiger partial charge in [-0.2, -0.15) is 0 Å². The highest BCUT2D eigenvalue weighted by Gasteiger charge is 2.25. The third-order valence-corrected chi connectivity index (χ3v) is 5.23. The first kappa shape index (κ1) is 13.0. The number of carbonyl (C=O) groups is 1. The molecule has 0 bridgehead atoms. The molecule has 1 aliphatic heterocycles. The van der Waals surface area contributed by atoms with E-state index in [1.807, 2.05) is 6.07 Å². The summed E-state index contributed by atoms with van der Waals surface area (Å²) in [5.74, 6) is 0.245. The van der Waals surface area contributed by atoms with Gasteiger partial charge in [0.15, 0.2) is 5.13 Å². The van der Waals surface area contributed by atoms with E-state index in [1.165, 1.54) is 16.0 Å². The lowest BCUT2D eigenvalue weighted by Gasteiger charge is -2.21. The highest BCUT2D eigenvalue weighted by atomic mass is 32.1. The lowest BCUT2D eigenvalue weighted by atomic mass is 9.97. The fourth-order valence-electron chi connectivity index (χ4n) is 3.11. The summed E-state index contributed by atoms with van der Waals surface area (Å²) in [6.45, 7) is 1.86. The van der Waals surface area contributed by atoms with Crippen molar-refractivity contribution in [3.8, 4) is 11.3 Å². The Morgan fingerprint density at radius 3 is 2.95 bits per heavy atom. The van der Waals surface area contributed by atoms with Gasteiger partial charge in [-0.15, -0.1) is 11.3 Å². The quantitative estimate of drug-likeness (QED) is 0.765. The number of thiazole rings is 1. The number of fused-ring (bicyclic) bond motifs is 3. The Hall–Kier alpha value is -1.72. The summed E-state index contributed by atoms with van der Waals surface area (Å²) in [7, 11) is 0. The van der Waals surface area contributed by atoms with Gasteiger partial charge >= 0.3 is 0 Å². The van der Waals surface area contributed by atoms with Gasteiger partial charge in [0, 0.05) is 22.8 Å². The van der Waals surface area contributed by atoms with Crippen LogP contribution in [0.2, 0.25) is 0 Å². The van der Waals surface area contributed by atoms with Gasteiger partial charge in [-0.25, -0.2) is 4.98 Å². The average molecular weight is 299 g/mol. The van der Waals surface area contributed by atoms with Gasteiger partial charge in [0.25, 0.3) is 0 Å². The highest BCUT2D eigenvalue weighted by Crippen LogP contribution is 2.40. The molecule has 21 heavy (non-hydrogen) atoms. The molecule has 4 rings (SSSR count). The molecule has 108 valence electrons. The Balaban J connectivity index is 1.53. The Morgan fingerprint density at radius 1 is 1.29 bits per heavy atom. The van der Waals surface area contributed by atoms with E-state index in [2.05, 4.69) is 33.8 Å². The molecule has 1 aliphatic carbocycles. The lowest BCUT2D eigenvalue weighted by molar-refractivity contribution is -0.120. The number of anilines is 1. The maximum Gasteiger partial charge on any atom is 0.229 e. The number of rotatable bonds is 2. The predicted octanol–water partition coefficient (Wildman–Crippen LogP) is 2.65. The molecular formula is C16H17N3OS. The predicted molar refractivity (Wildman–Crippen MR) is 84.6 cm³/mol. The molecule has 1 aromatic carbocycles. The van der Waals surface area contributed by atoms with Crippen molar-refractivity contribution in [2.75, 3.05) is 18.4 Å². The molecule has 1 aromatic heterocycles. The van der Waals surface area contributed by atoms with Crippen molar-refractivity contribution in [1.82, 2.24) is 10.3 Å². The molecular weight excluding hydrogens is 282 g/mol. The van der Waals surface area contributed by atoms with Crippen LogP contribution in [-0.2, 0) is 11.2 Å². The van der Waals surface area contributed by atoms with E-state index in [1.54, 1.807) is 11.3 Å². The Bertz CT molecular complexity index is 689. The number of benzene rings is 1. The maximum absolute atomic E-state index is 12.3. The van der Waals surface area contributed by atoms with Crippen molar-refractivity contribution in [2.45, 2.75) is 19.3 Å². The van der Waals surface area contributed by atoms with Crippen molar-refractivity contribution in [3.63, 3.8) is 0 Å². The molecule has 0 radical (unpaired) electrons. The monoisotopic (exact) mass is 299 g/mol. The standard InChI is InChI=1S/C16H17N3OS/c20-15(10-5-7-17-8-6-10)19-16-18-14-12-4-2-1-3-11(12)9-13(14)21-16/h1-4,10,17H,5-9H2,(H,18,19,20). The number of nitrogens with one attached hydrogen (secondary N) is 2. The molecule has 2 heterocycles. The average Bonchev–Trinajstić information content (AvgIpc) is 3.05. The number of piperidine rings is 1. The Labute approximate surface area is 127 Å². The first-order chi connectivity index (χ1) is 10.3. The van der Waals surface area contributed by atoms with Gasteiger partial charge in [0.1, 0.15) is 0 Å². The highest BCUT2D eigenvalue weighted by molar-refractivity contribution is 7.16. The smallest absolute Gasteiger partial charge is 0.229 e. The van der Waals surface area contributed by atoms with E-state index in [0.29, 0.717) is 0 Å². The number of hydrogen-bond acceptors (Lipinski definition) is 4. The maximum atomic E-state index is 12.3. The van der Waals surface area contributed by atoms with E-state index >= 15 is 0 Å². The van der Waals surface area contributed by atoms with Crippen molar-refractivity contribution >= 4 is 22.4 Å². The minimum atomic E-state index is 0.122. The van der Waals surface area contributed by atoms with E-state index in [9.17, 15) is 4.79 Å². The summed E-state index contributed by atoms with van der Waals surface area (Å²) in [5, 5.41) is 7.04. The van der Waals surface area contributed by atoms with Crippen LogP contribution in [0.3, 0.4) is 0 Å². The summed E-state index contributed by atoms with van der Waals surface area (Å²) in [4.78, 5) is 18.2. The molecule has 2 N–H and O–H groups in total. The molecule has 1 fully saturated rings. The molecule has 0 unspecified atom stereocenters. The van der Waals surface area contributed by atoms with E-state index in [4.69, 9.17) is 0 Å². The van der Waals surface area contributed by atoms with Crippen LogP contribution < -0.4 is 10.6 Å². The van der Waals surface area contributed by atoms with Crippen LogP contribution >= 0.6 is 11.3 Å². The number of hydrogen-bond donors (Lipinski definition) is 2. The summed E-state index contributed by atoms with van der Waals surface area (Å²) >= 11 is 1.61. The molecule has 0 saturated carbocycles. The van der Waals surface area contributed by atoms with Crippen LogP contribution in [0.5, 0.6) is 0 Å². The molecule has 5 heteroatoms. The van der Waals surface area contributed by atoms with E-state index in [0.717, 1.165) is 43.2 Å². The van der Waals surface area contributed by atoms with Gasteiger partial charge in [-0.1, -0.05) is 24.3 Å². The van der Waals surface area contributed by atoms with Gasteiger partial charge in [-0.3, -0.25) is 4.79 Å². The van der Waals surface area contributed by atoms with Crippen molar-refractivity contribution in [1.29, 1.82) is 0 Å². The van der Waals surface area contributed by atoms with Gasteiger partial charge in [-0.05, 0) is 31.5 Å². The second kappa shape index (κ2) is 5.24. The molecule has 0 spiro atoms. The van der Waals surface area contributed by atoms with Gasteiger partial charge in [0.2, 0.25) is 5.91 Å². The number of amides is 1. The second-order valence-electron chi connectivity index (χ2n) is 5.64. The van der Waals surface area contributed by atoms with Crippen molar-refractivity contribution in [2.24, 2.45) is 5.92 Å². The minimum Gasteiger partial charge on any atom is -0.317 e. The van der Waals surface area contributed by atoms with Gasteiger partial charge in [0.05, 0.1) is 5.69 Å². The van der Waals surface area contributed by atoms with E-state index < -0.39 is 0 Å². The van der Waals surface area contributed by atoms with E-state index in [-0.39, 0.29) is 11.8 Å². The zero-order valence-corrected chi connectivity index (χ0v) is 12.5. The van der Waals surface area contributed by atoms with Crippen molar-refractivity contribution < 1.29 is 4.79 Å². The molecule has 0 atom stereocenters. The molecule has 2 aromatic rings. The second-order valence-corrected chi connectivity index (χ2v) is 6.72. The summed E-state index contributed by atoms with van der Waals surface area (Å²) in [6.07, 6.45) is 2.77. The zero-order valence-electron chi connectivity index (χ0n) is 11.7. The molecule has 1 saturated heterocycles. The third kappa shape index (κ3) is 2.36. The van der Waals surface area contributed by atoms with Crippen LogP contribution in [0, 0.1) is 5.92 Å². The van der Waals surface area contributed by atoms with Crippen LogP contribution in [0.1, 0.15) is 23.3 Å². The Kier molecular flexibility index (Phi) is 3.24. The van der Waals surface area contributed by atoms with Crippen LogP contribution in [0.4, 0.5) is 5.13 Å². The molecule has 2 aliphatic rings. The molecule has 4 nitrogen and oxygen atoms in total. The summed E-state index contributed by atoms with van der Waals surface area (Å²) in [6, 6.07) is 8.37. The normalized spacial score (nSPS) is 17.3. The summed E-state index contributed by atoms with van der Waals surface area (Å²) < 4.78 is 0. The SMILES string of the molecule is O=C(Nc1nc2c(s1)Cc1ccccc1-2)C1CCNCC1. The van der Waals surface area contributed by atoms with Crippen LogP contribution in [0.25, 0.3) is 11.3 Å². The third-order valence-electron chi connectivity index (χ3n) is 4.26. The first-order valence-corrected chi connectivity index (χ1v) is 8.22. The summed E-state index contributed by atoms with van der Waals surface area (Å²) in [5.41, 5.74) is 3.60. The minimum absolute atomic E-state index is 0.122. The Morgan fingerprint density at radius 2 is 2.10 bits per heavy atom. The van der Waals surface area contributed by atoms with Crippen LogP contribution in [0.15, 0.2) is 24.3 Å². The first-order valence-electron chi connectivity index (χ1n) is 7.41.